The lowest BCUT2D eigenvalue weighted by Gasteiger charge is -2.54. The van der Waals surface area contributed by atoms with Crippen molar-refractivity contribution in [2.24, 2.45) is 11.3 Å². The molecule has 172 valence electrons. The smallest absolute Gasteiger partial charge is 0.0974 e. The van der Waals surface area contributed by atoms with E-state index in [-0.39, 0.29) is 16.6 Å². The summed E-state index contributed by atoms with van der Waals surface area (Å²) < 4.78 is 7.42. The number of fused-ring (bicyclic) bond motifs is 2. The minimum Gasteiger partial charge on any atom is -0.359 e. The first-order chi connectivity index (χ1) is 15.9. The van der Waals surface area contributed by atoms with Crippen molar-refractivity contribution in [1.82, 2.24) is 9.88 Å². The van der Waals surface area contributed by atoms with Gasteiger partial charge in [-0.1, -0.05) is 31.2 Å². The fourth-order valence-corrected chi connectivity index (χ4v) is 8.69. The van der Waals surface area contributed by atoms with Gasteiger partial charge in [-0.05, 0) is 117 Å². The predicted molar refractivity (Wildman–Crippen MR) is 133 cm³/mol. The topological polar surface area (TPSA) is 25.4 Å². The van der Waals surface area contributed by atoms with E-state index in [4.69, 9.17) is 4.74 Å². The lowest BCUT2D eigenvalue weighted by molar-refractivity contribution is -0.139. The van der Waals surface area contributed by atoms with E-state index in [9.17, 15) is 0 Å². The Morgan fingerprint density at radius 1 is 1.06 bits per heavy atom. The Kier molecular flexibility index (Phi) is 4.20. The molecule has 3 aliphatic carbocycles. The fourth-order valence-electron chi connectivity index (χ4n) is 8.69. The number of aromatic nitrogens is 1. The Labute approximate surface area is 197 Å². The Morgan fingerprint density at radius 2 is 1.97 bits per heavy atom. The van der Waals surface area contributed by atoms with Crippen LogP contribution in [0.3, 0.4) is 0 Å². The van der Waals surface area contributed by atoms with Crippen LogP contribution in [0.4, 0.5) is 0 Å². The van der Waals surface area contributed by atoms with Gasteiger partial charge in [0.25, 0.3) is 0 Å². The molecule has 2 saturated carbocycles. The highest BCUT2D eigenvalue weighted by molar-refractivity contribution is 5.82. The van der Waals surface area contributed by atoms with E-state index >= 15 is 0 Å². The maximum Gasteiger partial charge on any atom is 0.0974 e. The van der Waals surface area contributed by atoms with Crippen molar-refractivity contribution in [3.05, 3.63) is 65.5 Å². The predicted octanol–water partition coefficient (Wildman–Crippen LogP) is 6.41. The minimum atomic E-state index is -0.0577. The third-order valence-corrected chi connectivity index (χ3v) is 10.5. The number of rotatable bonds is 2. The number of hydrogen-bond donors (Lipinski definition) is 0. The number of ether oxygens (including phenoxy) is 1. The second-order valence-electron chi connectivity index (χ2n) is 12.0. The average molecular weight is 441 g/mol. The molecule has 5 aliphatic rings. The monoisotopic (exact) mass is 440 g/mol. The number of hydrogen-bond acceptors (Lipinski definition) is 3. The van der Waals surface area contributed by atoms with E-state index in [1.807, 2.05) is 12.4 Å². The second kappa shape index (κ2) is 6.79. The summed E-state index contributed by atoms with van der Waals surface area (Å²) >= 11 is 0. The Balaban J connectivity index is 1.28. The third kappa shape index (κ3) is 2.67. The van der Waals surface area contributed by atoms with E-state index in [1.54, 1.807) is 5.57 Å². The third-order valence-electron chi connectivity index (χ3n) is 10.5. The van der Waals surface area contributed by atoms with Crippen LogP contribution >= 0.6 is 0 Å². The van der Waals surface area contributed by atoms with E-state index < -0.39 is 0 Å². The van der Waals surface area contributed by atoms with Gasteiger partial charge in [-0.3, -0.25) is 4.98 Å². The summed E-state index contributed by atoms with van der Waals surface area (Å²) in [7, 11) is 4.49. The van der Waals surface area contributed by atoms with Gasteiger partial charge in [-0.25, -0.2) is 0 Å². The molecule has 33 heavy (non-hydrogen) atoms. The molecule has 3 heteroatoms. The van der Waals surface area contributed by atoms with Crippen LogP contribution in [0.15, 0.2) is 60.0 Å². The number of nitrogens with zero attached hydrogens (tertiary/aromatic N) is 2. The summed E-state index contributed by atoms with van der Waals surface area (Å²) in [5.74, 6) is 1.20. The molecule has 2 spiro atoms. The molecule has 1 aromatic carbocycles. The molecule has 2 bridgehead atoms. The molecule has 2 aromatic rings. The molecule has 0 radical (unpaired) electrons. The van der Waals surface area contributed by atoms with E-state index in [0.717, 1.165) is 0 Å². The van der Waals surface area contributed by atoms with Crippen LogP contribution in [0.5, 0.6) is 0 Å². The SMILES string of the molecule is CN(C)[C@H]1CCC2=CC3=CC[C@]4(C)[C@@H](c5ccc6ccncc6c5)CC[C@H]4[C@@]34CC[C@]2(C1)O4. The van der Waals surface area contributed by atoms with Gasteiger partial charge in [0.1, 0.15) is 0 Å². The van der Waals surface area contributed by atoms with Crippen molar-refractivity contribution in [1.29, 1.82) is 0 Å². The van der Waals surface area contributed by atoms with Crippen molar-refractivity contribution in [2.45, 2.75) is 81.5 Å². The summed E-state index contributed by atoms with van der Waals surface area (Å²) in [6.45, 7) is 2.57. The lowest BCUT2D eigenvalue weighted by Crippen LogP contribution is -2.55. The zero-order valence-corrected chi connectivity index (χ0v) is 20.3. The molecule has 3 nitrogen and oxygen atoms in total. The van der Waals surface area contributed by atoms with E-state index in [1.165, 1.54) is 73.3 Å². The van der Waals surface area contributed by atoms with Gasteiger partial charge in [0.2, 0.25) is 0 Å². The molecule has 7 rings (SSSR count). The Bertz CT molecular complexity index is 1200. The summed E-state index contributed by atoms with van der Waals surface area (Å²) in [5, 5.41) is 2.56. The first kappa shape index (κ1) is 20.4. The highest BCUT2D eigenvalue weighted by atomic mass is 16.5. The maximum absolute atomic E-state index is 7.42. The lowest BCUT2D eigenvalue weighted by atomic mass is 9.58. The fraction of sp³-hybridized carbons (Fsp3) is 0.567. The first-order valence-electron chi connectivity index (χ1n) is 13.1. The number of allylic oxidation sites excluding steroid dienone is 1. The summed E-state index contributed by atoms with van der Waals surface area (Å²) in [6, 6.07) is 9.86. The molecule has 1 saturated heterocycles. The molecule has 0 amide bonds. The van der Waals surface area contributed by atoms with Crippen LogP contribution in [0.2, 0.25) is 0 Å². The van der Waals surface area contributed by atoms with Crippen LogP contribution in [-0.2, 0) is 4.74 Å². The quantitative estimate of drug-likeness (QED) is 0.540. The zero-order chi connectivity index (χ0) is 22.4. The van der Waals surface area contributed by atoms with Crippen molar-refractivity contribution in [2.75, 3.05) is 14.1 Å². The van der Waals surface area contributed by atoms with Gasteiger partial charge >= 0.3 is 0 Å². The van der Waals surface area contributed by atoms with E-state index in [0.29, 0.717) is 17.9 Å². The molecule has 0 unspecified atom stereocenters. The Morgan fingerprint density at radius 3 is 2.85 bits per heavy atom. The van der Waals surface area contributed by atoms with Gasteiger partial charge in [0.05, 0.1) is 11.2 Å². The van der Waals surface area contributed by atoms with Gasteiger partial charge in [-0.2, -0.15) is 0 Å². The highest BCUT2D eigenvalue weighted by Gasteiger charge is 2.66. The maximum atomic E-state index is 7.42. The van der Waals surface area contributed by atoms with Crippen LogP contribution in [0, 0.1) is 11.3 Å². The van der Waals surface area contributed by atoms with Crippen molar-refractivity contribution in [3.8, 4) is 0 Å². The molecule has 1 aromatic heterocycles. The van der Waals surface area contributed by atoms with Gasteiger partial charge < -0.3 is 9.64 Å². The van der Waals surface area contributed by atoms with Crippen molar-refractivity contribution < 1.29 is 4.74 Å². The van der Waals surface area contributed by atoms with Gasteiger partial charge in [-0.15, -0.1) is 0 Å². The van der Waals surface area contributed by atoms with E-state index in [2.05, 4.69) is 67.3 Å². The second-order valence-corrected chi connectivity index (χ2v) is 12.0. The largest absolute Gasteiger partial charge is 0.359 e. The van der Waals surface area contributed by atoms with Crippen molar-refractivity contribution >= 4 is 10.8 Å². The number of benzene rings is 1. The average Bonchev–Trinajstić information content (AvgIpc) is 3.33. The highest BCUT2D eigenvalue weighted by Crippen LogP contribution is 2.69. The van der Waals surface area contributed by atoms with Gasteiger partial charge in [0.15, 0.2) is 0 Å². The number of pyridine rings is 1. The van der Waals surface area contributed by atoms with Gasteiger partial charge in [0, 0.05) is 23.8 Å². The first-order valence-corrected chi connectivity index (χ1v) is 13.1. The standard InChI is InChI=1S/C30H36N2O/c1-28-12-10-24-17-23-6-7-25(32(2)3)18-29(23)13-14-30(24,33-29)27(28)9-8-26(28)21-5-4-20-11-15-31-19-22(20)16-21/h4-5,10-11,15-17,19,25-27H,6-9,12-14,18H2,1-3H3/t25-,26+,27+,28+,29+,30+/m0/s1. The van der Waals surface area contributed by atoms with Crippen molar-refractivity contribution in [3.63, 3.8) is 0 Å². The molecular formula is C30H36N2O. The molecular weight excluding hydrogens is 404 g/mol. The van der Waals surface area contributed by atoms with Crippen LogP contribution < -0.4 is 0 Å². The summed E-state index contributed by atoms with van der Waals surface area (Å²) in [6.07, 6.45) is 18.9. The molecule has 0 N–H and O–H groups in total. The summed E-state index contributed by atoms with van der Waals surface area (Å²) in [4.78, 5) is 6.81. The molecule has 6 atom stereocenters. The molecule has 3 heterocycles. The van der Waals surface area contributed by atoms with Crippen LogP contribution in [0.25, 0.3) is 10.8 Å². The Hall–Kier alpha value is -1.97. The normalized spacial score (nSPS) is 41.4. The van der Waals surface area contributed by atoms with Crippen LogP contribution in [-0.4, -0.2) is 41.2 Å². The molecule has 3 fully saturated rings. The minimum absolute atomic E-state index is 0.00448. The zero-order valence-electron chi connectivity index (χ0n) is 20.3. The van der Waals surface area contributed by atoms with Crippen LogP contribution in [0.1, 0.15) is 69.8 Å². The molecule has 2 aliphatic heterocycles. The summed E-state index contributed by atoms with van der Waals surface area (Å²) in [5.41, 5.74) is 4.82.